The molecule has 178 valence electrons. The highest BCUT2D eigenvalue weighted by Crippen LogP contribution is 2.25. The fourth-order valence-corrected chi connectivity index (χ4v) is 4.58. The van der Waals surface area contributed by atoms with Crippen LogP contribution in [-0.4, -0.2) is 36.0 Å². The van der Waals surface area contributed by atoms with Crippen LogP contribution in [-0.2, 0) is 24.5 Å². The molecular weight excluding hydrogens is 446 g/mol. The Morgan fingerprint density at radius 1 is 1.03 bits per heavy atom. The lowest BCUT2D eigenvalue weighted by atomic mass is 10.1. The number of ether oxygens (including phenoxy) is 1. The Hall–Kier alpha value is -2.86. The van der Waals surface area contributed by atoms with Gasteiger partial charge in [-0.3, -0.25) is 9.69 Å². The number of hydrogen-bond acceptors (Lipinski definition) is 4. The van der Waals surface area contributed by atoms with Crippen LogP contribution in [0, 0.1) is 0 Å². The zero-order valence-electron chi connectivity index (χ0n) is 19.5. The zero-order valence-corrected chi connectivity index (χ0v) is 20.3. The lowest BCUT2D eigenvalue weighted by Crippen LogP contribution is -2.42. The molecule has 1 saturated heterocycles. The number of benzene rings is 3. The third kappa shape index (κ3) is 6.60. The zero-order chi connectivity index (χ0) is 23.8. The topological polar surface area (TPSA) is 53.6 Å². The van der Waals surface area contributed by atoms with Crippen LogP contribution in [0.2, 0.25) is 5.02 Å². The van der Waals surface area contributed by atoms with Gasteiger partial charge in [0.1, 0.15) is 12.4 Å². The van der Waals surface area contributed by atoms with Gasteiger partial charge < -0.3 is 15.4 Å². The number of carbonyl (C=O) groups is 1. The minimum Gasteiger partial charge on any atom is -0.489 e. The van der Waals surface area contributed by atoms with Crippen LogP contribution < -0.4 is 15.4 Å². The Morgan fingerprint density at radius 2 is 1.79 bits per heavy atom. The van der Waals surface area contributed by atoms with Gasteiger partial charge in [0.25, 0.3) is 0 Å². The number of nitrogens with one attached hydrogen (secondary N) is 2. The van der Waals surface area contributed by atoms with Gasteiger partial charge in [-0.1, -0.05) is 72.3 Å². The highest BCUT2D eigenvalue weighted by Gasteiger charge is 2.36. The second kappa shape index (κ2) is 12.0. The van der Waals surface area contributed by atoms with E-state index in [4.69, 9.17) is 16.3 Å². The molecule has 5 nitrogen and oxygen atoms in total. The minimum absolute atomic E-state index is 0.0789. The smallest absolute Gasteiger partial charge is 0.237 e. The molecule has 6 heteroatoms. The average molecular weight is 478 g/mol. The van der Waals surface area contributed by atoms with Crippen LogP contribution >= 0.6 is 11.6 Å². The van der Waals surface area contributed by atoms with Crippen molar-refractivity contribution in [3.05, 3.63) is 101 Å². The van der Waals surface area contributed by atoms with E-state index in [1.165, 1.54) is 0 Å². The summed E-state index contributed by atoms with van der Waals surface area (Å²) in [6.07, 6.45) is 0.764. The highest BCUT2D eigenvalue weighted by molar-refractivity contribution is 6.31. The van der Waals surface area contributed by atoms with Gasteiger partial charge in [0.2, 0.25) is 5.91 Å². The van der Waals surface area contributed by atoms with Crippen LogP contribution in [0.1, 0.15) is 30.0 Å². The normalized spacial score (nSPS) is 18.1. The van der Waals surface area contributed by atoms with Gasteiger partial charge in [-0.15, -0.1) is 0 Å². The lowest BCUT2D eigenvalue weighted by Gasteiger charge is -2.23. The Bertz CT molecular complexity index is 1080. The molecule has 4 rings (SSSR count). The first-order valence-corrected chi connectivity index (χ1v) is 12.2. The van der Waals surface area contributed by atoms with E-state index in [0.29, 0.717) is 19.7 Å². The van der Waals surface area contributed by atoms with Crippen molar-refractivity contribution in [2.45, 2.75) is 45.1 Å². The minimum atomic E-state index is -0.172. The Labute approximate surface area is 207 Å². The summed E-state index contributed by atoms with van der Waals surface area (Å²) < 4.78 is 5.97. The molecule has 0 aliphatic carbocycles. The quantitative estimate of drug-likeness (QED) is 0.441. The summed E-state index contributed by atoms with van der Waals surface area (Å²) in [5, 5.41) is 7.37. The Kier molecular flexibility index (Phi) is 8.58. The molecule has 1 fully saturated rings. The average Bonchev–Trinajstić information content (AvgIpc) is 3.27. The van der Waals surface area contributed by atoms with Gasteiger partial charge in [-0.2, -0.15) is 0 Å². The van der Waals surface area contributed by atoms with Crippen molar-refractivity contribution in [3.63, 3.8) is 0 Å². The van der Waals surface area contributed by atoms with E-state index >= 15 is 0 Å². The van der Waals surface area contributed by atoms with Gasteiger partial charge in [0, 0.05) is 37.2 Å². The largest absolute Gasteiger partial charge is 0.489 e. The number of nitrogens with zero attached hydrogens (tertiary/aromatic N) is 1. The molecule has 0 aromatic heterocycles. The number of amides is 1. The maximum atomic E-state index is 12.8. The third-order valence-electron chi connectivity index (χ3n) is 6.13. The van der Waals surface area contributed by atoms with Crippen LogP contribution in [0.15, 0.2) is 78.9 Å². The van der Waals surface area contributed by atoms with E-state index in [9.17, 15) is 4.79 Å². The second-order valence-electron chi connectivity index (χ2n) is 8.67. The predicted molar refractivity (Wildman–Crippen MR) is 137 cm³/mol. The summed E-state index contributed by atoms with van der Waals surface area (Å²) in [4.78, 5) is 15.0. The molecule has 2 N–H and O–H groups in total. The summed E-state index contributed by atoms with van der Waals surface area (Å²) in [6.45, 7) is 5.29. The fourth-order valence-electron chi connectivity index (χ4n) is 4.38. The van der Waals surface area contributed by atoms with Gasteiger partial charge in [0.05, 0.1) is 6.04 Å². The molecular formula is C28H32ClN3O2. The third-order valence-corrected chi connectivity index (χ3v) is 6.50. The molecule has 34 heavy (non-hydrogen) atoms. The molecule has 0 unspecified atom stereocenters. The first-order chi connectivity index (χ1) is 16.6. The van der Waals surface area contributed by atoms with E-state index in [0.717, 1.165) is 47.0 Å². The molecule has 2 atom stereocenters. The van der Waals surface area contributed by atoms with Crippen molar-refractivity contribution in [2.24, 2.45) is 0 Å². The first kappa shape index (κ1) is 24.3. The number of likely N-dealkylation sites (N-methyl/N-ethyl adjacent to an activating group) is 1. The molecule has 1 heterocycles. The molecule has 1 aliphatic heterocycles. The van der Waals surface area contributed by atoms with Crippen molar-refractivity contribution in [1.82, 2.24) is 15.5 Å². The van der Waals surface area contributed by atoms with Crippen LogP contribution in [0.4, 0.5) is 0 Å². The van der Waals surface area contributed by atoms with Gasteiger partial charge in [-0.25, -0.2) is 0 Å². The Balaban J connectivity index is 1.36. The predicted octanol–water partition coefficient (Wildman–Crippen LogP) is 4.79. The van der Waals surface area contributed by atoms with Crippen LogP contribution in [0.25, 0.3) is 0 Å². The molecule has 3 aromatic carbocycles. The van der Waals surface area contributed by atoms with E-state index in [1.807, 2.05) is 61.5 Å². The highest BCUT2D eigenvalue weighted by atomic mass is 35.5. The maximum Gasteiger partial charge on any atom is 0.237 e. The summed E-state index contributed by atoms with van der Waals surface area (Å²) in [5.74, 6) is 0.935. The Morgan fingerprint density at radius 3 is 2.59 bits per heavy atom. The summed E-state index contributed by atoms with van der Waals surface area (Å²) in [5.41, 5.74) is 3.35. The van der Waals surface area contributed by atoms with Gasteiger partial charge >= 0.3 is 0 Å². The van der Waals surface area contributed by atoms with Crippen molar-refractivity contribution in [2.75, 3.05) is 13.1 Å². The molecule has 0 spiro atoms. The maximum absolute atomic E-state index is 12.8. The molecule has 1 amide bonds. The monoisotopic (exact) mass is 477 g/mol. The number of halogens is 1. The van der Waals surface area contributed by atoms with Crippen molar-refractivity contribution in [1.29, 1.82) is 0 Å². The summed E-state index contributed by atoms with van der Waals surface area (Å²) in [6, 6.07) is 26.2. The standard InChI is InChI=1S/C28H32ClN3O2/c1-2-30-28(33)27-16-24(19-32(27)18-23-12-6-7-14-26(23)29)31-17-22-11-8-13-25(15-22)34-20-21-9-4-3-5-10-21/h3-15,24,27,31H,2,16-20H2,1H3,(H,30,33)/t24-,27+/m1/s1. The number of likely N-dealkylation sites (tertiary alicyclic amines) is 1. The van der Waals surface area contributed by atoms with Crippen LogP contribution in [0.5, 0.6) is 5.75 Å². The number of hydrogen-bond donors (Lipinski definition) is 2. The van der Waals surface area contributed by atoms with Gasteiger partial charge in [0.15, 0.2) is 0 Å². The lowest BCUT2D eigenvalue weighted by molar-refractivity contribution is -0.125. The van der Waals surface area contributed by atoms with Crippen LogP contribution in [0.3, 0.4) is 0 Å². The summed E-state index contributed by atoms with van der Waals surface area (Å²) >= 11 is 6.39. The SMILES string of the molecule is CCNC(=O)[C@@H]1C[C@@H](NCc2cccc(OCc3ccccc3)c2)CN1Cc1ccccc1Cl. The summed E-state index contributed by atoms with van der Waals surface area (Å²) in [7, 11) is 0. The molecule has 1 aliphatic rings. The molecule has 0 saturated carbocycles. The second-order valence-corrected chi connectivity index (χ2v) is 9.07. The fraction of sp³-hybridized carbons (Fsp3) is 0.321. The van der Waals surface area contributed by atoms with E-state index in [2.05, 4.69) is 39.8 Å². The van der Waals surface area contributed by atoms with E-state index in [-0.39, 0.29) is 18.0 Å². The van der Waals surface area contributed by atoms with Crippen molar-refractivity contribution in [3.8, 4) is 5.75 Å². The van der Waals surface area contributed by atoms with Gasteiger partial charge in [-0.05, 0) is 48.2 Å². The van der Waals surface area contributed by atoms with E-state index < -0.39 is 0 Å². The molecule has 0 bridgehead atoms. The van der Waals surface area contributed by atoms with Crippen molar-refractivity contribution >= 4 is 17.5 Å². The van der Waals surface area contributed by atoms with E-state index in [1.54, 1.807) is 0 Å². The molecule has 3 aromatic rings. The van der Waals surface area contributed by atoms with Crippen molar-refractivity contribution < 1.29 is 9.53 Å². The first-order valence-electron chi connectivity index (χ1n) is 11.9. The number of carbonyl (C=O) groups excluding carboxylic acids is 1. The molecule has 0 radical (unpaired) electrons. The number of rotatable bonds is 10.